The molecule has 0 heterocycles. The monoisotopic (exact) mass is 230 g/mol. The quantitative estimate of drug-likeness (QED) is 0.562. The highest BCUT2D eigenvalue weighted by Crippen LogP contribution is 2.11. The Morgan fingerprint density at radius 1 is 1.44 bits per heavy atom. The van der Waals surface area contributed by atoms with Crippen LogP contribution in [0.4, 0.5) is 0 Å². The van der Waals surface area contributed by atoms with Crippen LogP contribution in [0.15, 0.2) is 12.8 Å². The number of esters is 1. The second-order valence-electron chi connectivity index (χ2n) is 3.36. The number of carbonyl (C=O) groups excluding carboxylic acids is 1. The number of unbranched alkanes of at least 4 members (excludes halogenated alkanes) is 1. The van der Waals surface area contributed by atoms with Gasteiger partial charge in [-0.3, -0.25) is 9.59 Å². The van der Waals surface area contributed by atoms with Crippen molar-refractivity contribution >= 4 is 11.9 Å². The van der Waals surface area contributed by atoms with Gasteiger partial charge in [-0.1, -0.05) is 33.3 Å². The van der Waals surface area contributed by atoms with Gasteiger partial charge in [0.25, 0.3) is 0 Å². The largest absolute Gasteiger partial charge is 0.481 e. The van der Waals surface area contributed by atoms with E-state index in [1.165, 1.54) is 6.92 Å². The van der Waals surface area contributed by atoms with Crippen LogP contribution in [0.25, 0.3) is 0 Å². The van der Waals surface area contributed by atoms with E-state index in [1.807, 2.05) is 6.92 Å². The van der Waals surface area contributed by atoms with Crippen LogP contribution < -0.4 is 0 Å². The minimum absolute atomic E-state index is 0.111. The van der Waals surface area contributed by atoms with Crippen molar-refractivity contribution < 1.29 is 19.4 Å². The van der Waals surface area contributed by atoms with Crippen LogP contribution in [-0.2, 0) is 14.3 Å². The van der Waals surface area contributed by atoms with Gasteiger partial charge in [-0.05, 0) is 12.8 Å². The maximum absolute atomic E-state index is 10.4. The lowest BCUT2D eigenvalue weighted by atomic mass is 10.00. The van der Waals surface area contributed by atoms with Crippen molar-refractivity contribution in [3.8, 4) is 0 Å². The Kier molecular flexibility index (Phi) is 12.6. The molecule has 0 radical (unpaired) electrons. The Hall–Kier alpha value is -1.32. The van der Waals surface area contributed by atoms with Crippen LogP contribution in [-0.4, -0.2) is 17.0 Å². The van der Waals surface area contributed by atoms with E-state index >= 15 is 0 Å². The number of ether oxygens (including phenoxy) is 1. The molecular weight excluding hydrogens is 208 g/mol. The van der Waals surface area contributed by atoms with Gasteiger partial charge in [-0.2, -0.15) is 0 Å². The molecular formula is C12H22O4. The van der Waals surface area contributed by atoms with Crippen molar-refractivity contribution in [3.05, 3.63) is 12.8 Å². The third kappa shape index (κ3) is 12.7. The molecule has 0 amide bonds. The molecule has 0 saturated carbocycles. The van der Waals surface area contributed by atoms with Gasteiger partial charge >= 0.3 is 11.9 Å². The molecule has 16 heavy (non-hydrogen) atoms. The number of hydrogen-bond donors (Lipinski definition) is 1. The maximum atomic E-state index is 10.4. The molecule has 0 aliphatic rings. The minimum atomic E-state index is -0.643. The molecule has 0 spiro atoms. The molecule has 0 aromatic heterocycles. The minimum Gasteiger partial charge on any atom is -0.481 e. The molecule has 0 fully saturated rings. The zero-order valence-electron chi connectivity index (χ0n) is 10.4. The molecule has 0 aromatic rings. The normalized spacial score (nSPS) is 10.7. The number of carbonyl (C=O) groups is 2. The van der Waals surface area contributed by atoms with Gasteiger partial charge in [-0.25, -0.2) is 0 Å². The topological polar surface area (TPSA) is 63.6 Å². The molecule has 0 saturated heterocycles. The van der Waals surface area contributed by atoms with Crippen LogP contribution in [0.2, 0.25) is 0 Å². The zero-order chi connectivity index (χ0) is 13.0. The third-order valence-electron chi connectivity index (χ3n) is 2.00. The first-order valence-electron chi connectivity index (χ1n) is 5.50. The van der Waals surface area contributed by atoms with Gasteiger partial charge in [0, 0.05) is 6.92 Å². The van der Waals surface area contributed by atoms with Crippen LogP contribution in [0.3, 0.4) is 0 Å². The molecule has 0 bridgehead atoms. The third-order valence-corrected chi connectivity index (χ3v) is 2.00. The molecule has 0 aliphatic carbocycles. The zero-order valence-corrected chi connectivity index (χ0v) is 10.4. The predicted molar refractivity (Wildman–Crippen MR) is 62.9 cm³/mol. The SMILES string of the molecule is C=COC(C)=O.CCCCC(CC)C(=O)O. The molecule has 1 N–H and O–H groups in total. The lowest BCUT2D eigenvalue weighted by molar-refractivity contribution is -0.142. The van der Waals surface area contributed by atoms with Crippen molar-refractivity contribution in [2.24, 2.45) is 5.92 Å². The van der Waals surface area contributed by atoms with E-state index < -0.39 is 5.97 Å². The average Bonchev–Trinajstić information content (AvgIpc) is 2.19. The summed E-state index contributed by atoms with van der Waals surface area (Å²) in [5.41, 5.74) is 0. The van der Waals surface area contributed by atoms with Crippen molar-refractivity contribution in [3.63, 3.8) is 0 Å². The first-order chi connectivity index (χ1) is 7.49. The fraction of sp³-hybridized carbons (Fsp3) is 0.667. The van der Waals surface area contributed by atoms with Gasteiger partial charge in [-0.15, -0.1) is 0 Å². The van der Waals surface area contributed by atoms with Crippen molar-refractivity contribution in [1.82, 2.24) is 0 Å². The Morgan fingerprint density at radius 2 is 2.00 bits per heavy atom. The molecule has 0 aliphatic heterocycles. The van der Waals surface area contributed by atoms with Gasteiger partial charge < -0.3 is 9.84 Å². The number of carboxylic acids is 1. The summed E-state index contributed by atoms with van der Waals surface area (Å²) < 4.78 is 4.17. The van der Waals surface area contributed by atoms with E-state index in [2.05, 4.69) is 18.2 Å². The lowest BCUT2D eigenvalue weighted by Gasteiger charge is -2.06. The van der Waals surface area contributed by atoms with Crippen LogP contribution >= 0.6 is 0 Å². The maximum Gasteiger partial charge on any atom is 0.307 e. The Labute approximate surface area is 97.3 Å². The molecule has 94 valence electrons. The standard InChI is InChI=1S/C8H16O2.C4H6O2/c1-3-5-6-7(4-2)8(9)10;1-3-6-4(2)5/h7H,3-6H2,1-2H3,(H,9,10);3H,1H2,2H3. The fourth-order valence-electron chi connectivity index (χ4n) is 1.07. The summed E-state index contributed by atoms with van der Waals surface area (Å²) in [5, 5.41) is 8.60. The first-order valence-corrected chi connectivity index (χ1v) is 5.50. The Bertz CT molecular complexity index is 211. The van der Waals surface area contributed by atoms with E-state index in [4.69, 9.17) is 5.11 Å². The van der Waals surface area contributed by atoms with Crippen LogP contribution in [0, 0.1) is 5.92 Å². The van der Waals surface area contributed by atoms with Crippen molar-refractivity contribution in [2.75, 3.05) is 0 Å². The van der Waals surface area contributed by atoms with Crippen molar-refractivity contribution in [1.29, 1.82) is 0 Å². The molecule has 0 aromatic carbocycles. The summed E-state index contributed by atoms with van der Waals surface area (Å²) in [6.07, 6.45) is 4.81. The van der Waals surface area contributed by atoms with Crippen LogP contribution in [0.5, 0.6) is 0 Å². The van der Waals surface area contributed by atoms with E-state index in [-0.39, 0.29) is 11.9 Å². The van der Waals surface area contributed by atoms with Gasteiger partial charge in [0.1, 0.15) is 0 Å². The highest BCUT2D eigenvalue weighted by atomic mass is 16.5. The van der Waals surface area contributed by atoms with E-state index in [0.717, 1.165) is 31.9 Å². The van der Waals surface area contributed by atoms with Crippen molar-refractivity contribution in [2.45, 2.75) is 46.5 Å². The second-order valence-corrected chi connectivity index (χ2v) is 3.36. The Balaban J connectivity index is 0. The van der Waals surface area contributed by atoms with E-state index in [9.17, 15) is 9.59 Å². The van der Waals surface area contributed by atoms with Gasteiger partial charge in [0.15, 0.2) is 0 Å². The van der Waals surface area contributed by atoms with E-state index in [0.29, 0.717) is 0 Å². The molecule has 4 nitrogen and oxygen atoms in total. The highest BCUT2D eigenvalue weighted by molar-refractivity contribution is 5.69. The molecule has 4 heteroatoms. The van der Waals surface area contributed by atoms with Gasteiger partial charge in [0.05, 0.1) is 12.2 Å². The average molecular weight is 230 g/mol. The number of hydrogen-bond acceptors (Lipinski definition) is 3. The number of carboxylic acid groups (broad SMARTS) is 1. The number of rotatable bonds is 6. The van der Waals surface area contributed by atoms with Crippen LogP contribution in [0.1, 0.15) is 46.5 Å². The molecule has 1 atom stereocenters. The smallest absolute Gasteiger partial charge is 0.307 e. The van der Waals surface area contributed by atoms with E-state index in [1.54, 1.807) is 0 Å². The van der Waals surface area contributed by atoms with Gasteiger partial charge in [0.2, 0.25) is 0 Å². The molecule has 0 rings (SSSR count). The molecule has 1 unspecified atom stereocenters. The predicted octanol–water partition coefficient (Wildman–Crippen LogP) is 2.98. The summed E-state index contributed by atoms with van der Waals surface area (Å²) in [5.74, 6) is -1.08. The summed E-state index contributed by atoms with van der Waals surface area (Å²) in [6, 6.07) is 0. The second kappa shape index (κ2) is 11.8. The first kappa shape index (κ1) is 17.1. The summed E-state index contributed by atoms with van der Waals surface area (Å²) >= 11 is 0. The fourth-order valence-corrected chi connectivity index (χ4v) is 1.07. The summed E-state index contributed by atoms with van der Waals surface area (Å²) in [6.45, 7) is 8.48. The number of aliphatic carboxylic acids is 1. The Morgan fingerprint density at radius 3 is 2.19 bits per heavy atom. The summed E-state index contributed by atoms with van der Waals surface area (Å²) in [4.78, 5) is 20.2. The highest BCUT2D eigenvalue weighted by Gasteiger charge is 2.12. The lowest BCUT2D eigenvalue weighted by Crippen LogP contribution is -2.11. The summed E-state index contributed by atoms with van der Waals surface area (Å²) in [7, 11) is 0.